The number of thioether (sulfide) groups is 1. The van der Waals surface area contributed by atoms with Crippen LogP contribution in [-0.2, 0) is 5.75 Å². The first-order valence-corrected chi connectivity index (χ1v) is 9.21. The molecule has 0 aliphatic carbocycles. The molecule has 0 radical (unpaired) electrons. The number of carbonyl (C=O) groups excluding carboxylic acids is 1. The van der Waals surface area contributed by atoms with Crippen molar-refractivity contribution in [1.29, 1.82) is 0 Å². The third kappa shape index (κ3) is 4.95. The van der Waals surface area contributed by atoms with E-state index in [-0.39, 0.29) is 6.03 Å². The van der Waals surface area contributed by atoms with E-state index in [1.807, 2.05) is 30.3 Å². The Labute approximate surface area is 152 Å². The lowest BCUT2D eigenvalue weighted by Crippen LogP contribution is -2.19. The molecule has 24 heavy (non-hydrogen) atoms. The standard InChI is InChI=1S/C16H13ClN4OS2/c17-11-5-4-6-12(9-11)18-15(22)19-16-21-20-14(24-16)10-23-13-7-2-1-3-8-13/h1-9H,10H2,(H2,18,19,21,22). The molecule has 0 aliphatic heterocycles. The highest BCUT2D eigenvalue weighted by atomic mass is 35.5. The van der Waals surface area contributed by atoms with E-state index in [0.29, 0.717) is 21.6 Å². The number of urea groups is 1. The average Bonchev–Trinajstić information content (AvgIpc) is 3.01. The number of aromatic nitrogens is 2. The molecule has 0 fully saturated rings. The quantitative estimate of drug-likeness (QED) is 0.606. The normalized spacial score (nSPS) is 10.4. The second kappa shape index (κ2) is 8.14. The first-order chi connectivity index (χ1) is 11.7. The van der Waals surface area contributed by atoms with E-state index in [9.17, 15) is 4.79 Å². The Kier molecular flexibility index (Phi) is 5.68. The Hall–Kier alpha value is -2.09. The van der Waals surface area contributed by atoms with E-state index in [2.05, 4.69) is 20.8 Å². The number of hydrogen-bond acceptors (Lipinski definition) is 5. The van der Waals surface area contributed by atoms with Gasteiger partial charge in [-0.2, -0.15) is 0 Å². The molecule has 3 aromatic rings. The molecule has 8 heteroatoms. The molecule has 0 spiro atoms. The van der Waals surface area contributed by atoms with Crippen LogP contribution >= 0.6 is 34.7 Å². The number of hydrogen-bond donors (Lipinski definition) is 2. The van der Waals surface area contributed by atoms with Gasteiger partial charge in [0, 0.05) is 15.6 Å². The van der Waals surface area contributed by atoms with Crippen molar-refractivity contribution in [3.8, 4) is 0 Å². The van der Waals surface area contributed by atoms with Crippen molar-refractivity contribution in [2.75, 3.05) is 10.6 Å². The Balaban J connectivity index is 1.53. The highest BCUT2D eigenvalue weighted by Gasteiger charge is 2.09. The van der Waals surface area contributed by atoms with Crippen molar-refractivity contribution < 1.29 is 4.79 Å². The molecule has 2 amide bonds. The predicted octanol–water partition coefficient (Wildman–Crippen LogP) is 5.13. The van der Waals surface area contributed by atoms with Crippen molar-refractivity contribution in [2.45, 2.75) is 10.6 Å². The summed E-state index contributed by atoms with van der Waals surface area (Å²) in [7, 11) is 0. The van der Waals surface area contributed by atoms with Crippen LogP contribution in [0.5, 0.6) is 0 Å². The molecule has 1 aromatic heterocycles. The molecule has 2 N–H and O–H groups in total. The van der Waals surface area contributed by atoms with Gasteiger partial charge in [-0.25, -0.2) is 4.79 Å². The van der Waals surface area contributed by atoms with Crippen LogP contribution in [-0.4, -0.2) is 16.2 Å². The van der Waals surface area contributed by atoms with Gasteiger partial charge in [0.1, 0.15) is 5.01 Å². The molecular formula is C16H13ClN4OS2. The molecule has 0 bridgehead atoms. The Morgan fingerprint density at radius 2 is 1.92 bits per heavy atom. The van der Waals surface area contributed by atoms with Gasteiger partial charge in [-0.15, -0.1) is 22.0 Å². The third-order valence-corrected chi connectivity index (χ3v) is 5.16. The maximum Gasteiger partial charge on any atom is 0.325 e. The molecule has 3 rings (SSSR count). The zero-order valence-corrected chi connectivity index (χ0v) is 14.8. The lowest BCUT2D eigenvalue weighted by Gasteiger charge is -2.04. The molecule has 0 saturated carbocycles. The van der Waals surface area contributed by atoms with Crippen LogP contribution in [0.4, 0.5) is 15.6 Å². The van der Waals surface area contributed by atoms with Gasteiger partial charge in [0.15, 0.2) is 0 Å². The summed E-state index contributed by atoms with van der Waals surface area (Å²) in [5.41, 5.74) is 0.615. The van der Waals surface area contributed by atoms with Crippen LogP contribution < -0.4 is 10.6 Å². The van der Waals surface area contributed by atoms with Crippen LogP contribution in [0.3, 0.4) is 0 Å². The van der Waals surface area contributed by atoms with Gasteiger partial charge in [0.05, 0.1) is 5.75 Å². The van der Waals surface area contributed by atoms with Gasteiger partial charge in [0.2, 0.25) is 5.13 Å². The highest BCUT2D eigenvalue weighted by Crippen LogP contribution is 2.25. The van der Waals surface area contributed by atoms with Crippen molar-refractivity contribution in [3.63, 3.8) is 0 Å². The summed E-state index contributed by atoms with van der Waals surface area (Å²) in [5.74, 6) is 0.708. The van der Waals surface area contributed by atoms with Crippen LogP contribution in [0, 0.1) is 0 Å². The molecule has 0 atom stereocenters. The predicted molar refractivity (Wildman–Crippen MR) is 100 cm³/mol. The Morgan fingerprint density at radius 3 is 2.71 bits per heavy atom. The van der Waals surface area contributed by atoms with Crippen LogP contribution in [0.25, 0.3) is 0 Å². The molecule has 5 nitrogen and oxygen atoms in total. The summed E-state index contributed by atoms with van der Waals surface area (Å²) in [6, 6.07) is 16.6. The van der Waals surface area contributed by atoms with E-state index < -0.39 is 0 Å². The van der Waals surface area contributed by atoms with Crippen LogP contribution in [0.1, 0.15) is 5.01 Å². The largest absolute Gasteiger partial charge is 0.325 e. The lowest BCUT2D eigenvalue weighted by atomic mass is 10.3. The van der Waals surface area contributed by atoms with Gasteiger partial charge in [-0.1, -0.05) is 47.2 Å². The number of amides is 2. The maximum atomic E-state index is 12.0. The Morgan fingerprint density at radius 1 is 1.08 bits per heavy atom. The van der Waals surface area contributed by atoms with E-state index in [1.54, 1.807) is 36.0 Å². The molecule has 0 saturated heterocycles. The molecule has 0 unspecified atom stereocenters. The second-order valence-electron chi connectivity index (χ2n) is 4.69. The number of nitrogens with zero attached hydrogens (tertiary/aromatic N) is 2. The van der Waals surface area contributed by atoms with Gasteiger partial charge in [-0.3, -0.25) is 5.32 Å². The van der Waals surface area contributed by atoms with E-state index in [4.69, 9.17) is 11.6 Å². The summed E-state index contributed by atoms with van der Waals surface area (Å²) in [4.78, 5) is 13.1. The van der Waals surface area contributed by atoms with E-state index in [1.165, 1.54) is 16.2 Å². The zero-order chi connectivity index (χ0) is 16.8. The number of anilines is 2. The fourth-order valence-corrected chi connectivity index (χ4v) is 3.68. The Bertz CT molecular complexity index is 826. The fourth-order valence-electron chi connectivity index (χ4n) is 1.85. The van der Waals surface area contributed by atoms with Crippen LogP contribution in [0.2, 0.25) is 5.02 Å². The molecular weight excluding hydrogens is 364 g/mol. The van der Waals surface area contributed by atoms with Gasteiger partial charge >= 0.3 is 6.03 Å². The smallest absolute Gasteiger partial charge is 0.308 e. The minimum absolute atomic E-state index is 0.379. The van der Waals surface area contributed by atoms with E-state index >= 15 is 0 Å². The summed E-state index contributed by atoms with van der Waals surface area (Å²) < 4.78 is 0. The molecule has 2 aromatic carbocycles. The number of nitrogens with one attached hydrogen (secondary N) is 2. The van der Waals surface area contributed by atoms with Crippen molar-refractivity contribution in [3.05, 3.63) is 64.6 Å². The third-order valence-electron chi connectivity index (χ3n) is 2.88. The fraction of sp³-hybridized carbons (Fsp3) is 0.0625. The minimum Gasteiger partial charge on any atom is -0.308 e. The summed E-state index contributed by atoms with van der Waals surface area (Å²) in [6.07, 6.45) is 0. The number of rotatable bonds is 5. The molecule has 1 heterocycles. The van der Waals surface area contributed by atoms with Crippen LogP contribution in [0.15, 0.2) is 59.5 Å². The molecule has 0 aliphatic rings. The van der Waals surface area contributed by atoms with Crippen molar-refractivity contribution in [2.24, 2.45) is 0 Å². The zero-order valence-electron chi connectivity index (χ0n) is 12.4. The summed E-state index contributed by atoms with van der Waals surface area (Å²) >= 11 is 8.91. The number of carbonyl (C=O) groups is 1. The molecule has 122 valence electrons. The minimum atomic E-state index is -0.379. The van der Waals surface area contributed by atoms with Gasteiger partial charge in [-0.05, 0) is 30.3 Å². The summed E-state index contributed by atoms with van der Waals surface area (Å²) in [6.45, 7) is 0. The van der Waals surface area contributed by atoms with Crippen molar-refractivity contribution >= 4 is 51.5 Å². The van der Waals surface area contributed by atoms with E-state index in [0.717, 1.165) is 5.01 Å². The highest BCUT2D eigenvalue weighted by molar-refractivity contribution is 7.98. The second-order valence-corrected chi connectivity index (χ2v) is 7.24. The topological polar surface area (TPSA) is 66.9 Å². The number of halogens is 1. The van der Waals surface area contributed by atoms with Crippen molar-refractivity contribution in [1.82, 2.24) is 10.2 Å². The first kappa shape index (κ1) is 16.8. The monoisotopic (exact) mass is 376 g/mol. The van der Waals surface area contributed by atoms with Gasteiger partial charge < -0.3 is 5.32 Å². The van der Waals surface area contributed by atoms with Gasteiger partial charge in [0.25, 0.3) is 0 Å². The maximum absolute atomic E-state index is 12.0. The SMILES string of the molecule is O=C(Nc1cccc(Cl)c1)Nc1nnc(CSc2ccccc2)s1. The lowest BCUT2D eigenvalue weighted by molar-refractivity contribution is 0.262. The average molecular weight is 377 g/mol. The number of benzene rings is 2. The summed E-state index contributed by atoms with van der Waals surface area (Å²) in [5, 5.41) is 15.3. The first-order valence-electron chi connectivity index (χ1n) is 7.03.